The normalized spacial score (nSPS) is 10.2. The van der Waals surface area contributed by atoms with E-state index in [4.69, 9.17) is 25.8 Å². The van der Waals surface area contributed by atoms with Gasteiger partial charge in [-0.2, -0.15) is 0 Å². The SMILES string of the molecule is COCC(=O)Nc1ccc(NC(=O)c2ccc(OC)cc2OC)cc1Cl. The molecule has 7 nitrogen and oxygen atoms in total. The number of nitrogens with one attached hydrogen (secondary N) is 2. The molecule has 0 spiro atoms. The number of hydrogen-bond acceptors (Lipinski definition) is 5. The standard InChI is InChI=1S/C18H19ClN2O5/c1-24-10-17(22)21-15-7-4-11(8-14(15)19)20-18(23)13-6-5-12(25-2)9-16(13)26-3/h4-9H,10H2,1-3H3,(H,20,23)(H,21,22). The number of benzene rings is 2. The van der Waals surface area contributed by atoms with Crippen LogP contribution >= 0.6 is 11.6 Å². The maximum absolute atomic E-state index is 12.5. The predicted molar refractivity (Wildman–Crippen MR) is 99.5 cm³/mol. The van der Waals surface area contributed by atoms with Gasteiger partial charge >= 0.3 is 0 Å². The van der Waals surface area contributed by atoms with Gasteiger partial charge in [-0.1, -0.05) is 11.6 Å². The van der Waals surface area contributed by atoms with E-state index >= 15 is 0 Å². The topological polar surface area (TPSA) is 85.9 Å². The molecule has 0 radical (unpaired) electrons. The van der Waals surface area contributed by atoms with E-state index < -0.39 is 0 Å². The Labute approximate surface area is 156 Å². The van der Waals surface area contributed by atoms with Crippen LogP contribution in [0.1, 0.15) is 10.4 Å². The second-order valence-corrected chi connectivity index (χ2v) is 5.60. The molecule has 8 heteroatoms. The molecule has 2 N–H and O–H groups in total. The minimum atomic E-state index is -0.364. The number of carbonyl (C=O) groups is 2. The Kier molecular flexibility index (Phi) is 6.82. The Bertz CT molecular complexity index is 810. The van der Waals surface area contributed by atoms with Crippen molar-refractivity contribution < 1.29 is 23.8 Å². The number of anilines is 2. The van der Waals surface area contributed by atoms with E-state index in [1.54, 1.807) is 30.3 Å². The maximum Gasteiger partial charge on any atom is 0.259 e. The fourth-order valence-corrected chi connectivity index (χ4v) is 2.42. The Morgan fingerprint density at radius 3 is 2.38 bits per heavy atom. The predicted octanol–water partition coefficient (Wildman–Crippen LogP) is 3.19. The summed E-state index contributed by atoms with van der Waals surface area (Å²) in [4.78, 5) is 24.0. The van der Waals surface area contributed by atoms with Crippen molar-refractivity contribution in [1.82, 2.24) is 0 Å². The molecule has 0 fully saturated rings. The first-order valence-electron chi connectivity index (χ1n) is 7.60. The largest absolute Gasteiger partial charge is 0.497 e. The second kappa shape index (κ2) is 9.07. The second-order valence-electron chi connectivity index (χ2n) is 5.20. The van der Waals surface area contributed by atoms with Crippen LogP contribution in [0.3, 0.4) is 0 Å². The highest BCUT2D eigenvalue weighted by Gasteiger charge is 2.14. The first-order chi connectivity index (χ1) is 12.5. The summed E-state index contributed by atoms with van der Waals surface area (Å²) in [5.41, 5.74) is 1.25. The van der Waals surface area contributed by atoms with E-state index in [2.05, 4.69) is 10.6 Å². The molecular weight excluding hydrogens is 360 g/mol. The molecule has 26 heavy (non-hydrogen) atoms. The lowest BCUT2D eigenvalue weighted by molar-refractivity contribution is -0.119. The average Bonchev–Trinajstić information content (AvgIpc) is 2.63. The van der Waals surface area contributed by atoms with Crippen molar-refractivity contribution >= 4 is 34.8 Å². The van der Waals surface area contributed by atoms with E-state index in [1.165, 1.54) is 27.4 Å². The highest BCUT2D eigenvalue weighted by molar-refractivity contribution is 6.34. The van der Waals surface area contributed by atoms with Crippen molar-refractivity contribution in [2.45, 2.75) is 0 Å². The number of halogens is 1. The van der Waals surface area contributed by atoms with E-state index in [9.17, 15) is 9.59 Å². The van der Waals surface area contributed by atoms with Crippen molar-refractivity contribution in [3.05, 3.63) is 47.0 Å². The highest BCUT2D eigenvalue weighted by atomic mass is 35.5. The maximum atomic E-state index is 12.5. The molecule has 0 unspecified atom stereocenters. The van der Waals surface area contributed by atoms with Crippen molar-refractivity contribution in [1.29, 1.82) is 0 Å². The molecular formula is C18H19ClN2O5. The third-order valence-electron chi connectivity index (χ3n) is 3.43. The molecule has 0 bridgehead atoms. The molecule has 0 saturated heterocycles. The summed E-state index contributed by atoms with van der Waals surface area (Å²) in [6.45, 7) is -0.0773. The summed E-state index contributed by atoms with van der Waals surface area (Å²) in [7, 11) is 4.43. The van der Waals surface area contributed by atoms with Crippen LogP contribution in [0.4, 0.5) is 11.4 Å². The monoisotopic (exact) mass is 378 g/mol. The molecule has 0 heterocycles. The Morgan fingerprint density at radius 2 is 1.77 bits per heavy atom. The van der Waals surface area contributed by atoms with E-state index in [0.717, 1.165) is 0 Å². The van der Waals surface area contributed by atoms with Crippen LogP contribution in [0.15, 0.2) is 36.4 Å². The molecule has 2 aromatic rings. The van der Waals surface area contributed by atoms with Crippen LogP contribution in [-0.2, 0) is 9.53 Å². The summed E-state index contributed by atoms with van der Waals surface area (Å²) in [6, 6.07) is 9.65. The van der Waals surface area contributed by atoms with Crippen molar-refractivity contribution in [3.8, 4) is 11.5 Å². The zero-order chi connectivity index (χ0) is 19.1. The minimum absolute atomic E-state index is 0.0773. The fraction of sp³-hybridized carbons (Fsp3) is 0.222. The molecule has 0 aliphatic carbocycles. The number of hydrogen-bond donors (Lipinski definition) is 2. The number of carbonyl (C=O) groups excluding carboxylic acids is 2. The van der Waals surface area contributed by atoms with E-state index in [-0.39, 0.29) is 23.4 Å². The number of amides is 2. The molecule has 2 amide bonds. The van der Waals surface area contributed by atoms with Gasteiger partial charge in [0.2, 0.25) is 5.91 Å². The van der Waals surface area contributed by atoms with Gasteiger partial charge in [-0.25, -0.2) is 0 Å². The van der Waals surface area contributed by atoms with Crippen LogP contribution in [0.2, 0.25) is 5.02 Å². The van der Waals surface area contributed by atoms with Gasteiger partial charge in [0.1, 0.15) is 18.1 Å². The number of methoxy groups -OCH3 is 3. The van der Waals surface area contributed by atoms with Gasteiger partial charge in [0.05, 0.1) is 30.5 Å². The van der Waals surface area contributed by atoms with Gasteiger partial charge in [0, 0.05) is 18.9 Å². The Morgan fingerprint density at radius 1 is 1.00 bits per heavy atom. The van der Waals surface area contributed by atoms with Gasteiger partial charge in [0.15, 0.2) is 0 Å². The molecule has 2 aromatic carbocycles. The molecule has 0 aliphatic rings. The first kappa shape index (κ1) is 19.6. The van der Waals surface area contributed by atoms with Crippen molar-refractivity contribution in [2.75, 3.05) is 38.6 Å². The number of rotatable bonds is 7. The zero-order valence-electron chi connectivity index (χ0n) is 14.6. The van der Waals surface area contributed by atoms with Crippen LogP contribution in [-0.4, -0.2) is 39.8 Å². The van der Waals surface area contributed by atoms with Crippen LogP contribution < -0.4 is 20.1 Å². The van der Waals surface area contributed by atoms with Crippen molar-refractivity contribution in [2.24, 2.45) is 0 Å². The summed E-state index contributed by atoms with van der Waals surface area (Å²) < 4.78 is 15.1. The van der Waals surface area contributed by atoms with Gasteiger partial charge in [-0.3, -0.25) is 9.59 Å². The lowest BCUT2D eigenvalue weighted by atomic mass is 10.1. The summed E-state index contributed by atoms with van der Waals surface area (Å²) in [6.07, 6.45) is 0. The van der Waals surface area contributed by atoms with Crippen LogP contribution in [0.5, 0.6) is 11.5 Å². The summed E-state index contributed by atoms with van der Waals surface area (Å²) in [5.74, 6) is 0.278. The molecule has 0 aliphatic heterocycles. The third-order valence-corrected chi connectivity index (χ3v) is 3.74. The minimum Gasteiger partial charge on any atom is -0.497 e. The Hall–Kier alpha value is -2.77. The number of ether oxygens (including phenoxy) is 3. The van der Waals surface area contributed by atoms with Gasteiger partial charge in [-0.15, -0.1) is 0 Å². The molecule has 2 rings (SSSR count). The summed E-state index contributed by atoms with van der Waals surface area (Å²) >= 11 is 6.15. The fourth-order valence-electron chi connectivity index (χ4n) is 2.20. The quantitative estimate of drug-likeness (QED) is 0.772. The van der Waals surface area contributed by atoms with Crippen LogP contribution in [0.25, 0.3) is 0 Å². The van der Waals surface area contributed by atoms with E-state index in [0.29, 0.717) is 28.4 Å². The first-order valence-corrected chi connectivity index (χ1v) is 7.98. The lowest BCUT2D eigenvalue weighted by Gasteiger charge is -2.12. The molecule has 0 aromatic heterocycles. The average molecular weight is 379 g/mol. The third kappa shape index (κ3) is 4.87. The molecule has 0 atom stereocenters. The van der Waals surface area contributed by atoms with Gasteiger partial charge in [0.25, 0.3) is 5.91 Å². The zero-order valence-corrected chi connectivity index (χ0v) is 15.3. The van der Waals surface area contributed by atoms with Gasteiger partial charge in [-0.05, 0) is 30.3 Å². The molecule has 138 valence electrons. The van der Waals surface area contributed by atoms with Gasteiger partial charge < -0.3 is 24.8 Å². The Balaban J connectivity index is 2.14. The van der Waals surface area contributed by atoms with Crippen molar-refractivity contribution in [3.63, 3.8) is 0 Å². The molecule has 0 saturated carbocycles. The summed E-state index contributed by atoms with van der Waals surface area (Å²) in [5, 5.41) is 5.63. The lowest BCUT2D eigenvalue weighted by Crippen LogP contribution is -2.17. The highest BCUT2D eigenvalue weighted by Crippen LogP contribution is 2.28. The van der Waals surface area contributed by atoms with E-state index in [1.807, 2.05) is 0 Å². The van der Waals surface area contributed by atoms with Crippen LogP contribution in [0, 0.1) is 0 Å². The smallest absolute Gasteiger partial charge is 0.259 e.